The van der Waals surface area contributed by atoms with Gasteiger partial charge >= 0.3 is 6.18 Å². The zero-order valence-corrected chi connectivity index (χ0v) is 12.2. The average Bonchev–Trinajstić information content (AvgIpc) is 3.25. The molecule has 3 rings (SSSR count). The maximum absolute atomic E-state index is 12.8. The predicted octanol–water partition coefficient (Wildman–Crippen LogP) is 3.34. The van der Waals surface area contributed by atoms with E-state index >= 15 is 0 Å². The van der Waals surface area contributed by atoms with Crippen LogP contribution in [0.3, 0.4) is 0 Å². The van der Waals surface area contributed by atoms with E-state index in [0.29, 0.717) is 18.0 Å². The van der Waals surface area contributed by atoms with E-state index < -0.39 is 11.9 Å². The van der Waals surface area contributed by atoms with Gasteiger partial charge in [0.05, 0.1) is 5.56 Å². The number of nitrogens with two attached hydrogens (primary N) is 1. The molecule has 2 aliphatic carbocycles. The van der Waals surface area contributed by atoms with Crippen molar-refractivity contribution in [1.82, 2.24) is 4.98 Å². The minimum absolute atomic E-state index is 0.0509. The van der Waals surface area contributed by atoms with Gasteiger partial charge in [0.2, 0.25) is 0 Å². The van der Waals surface area contributed by atoms with Crippen molar-refractivity contribution in [3.8, 4) is 0 Å². The van der Waals surface area contributed by atoms with Crippen molar-refractivity contribution < 1.29 is 13.2 Å². The molecule has 1 heterocycles. The highest BCUT2D eigenvalue weighted by atomic mass is 32.1. The zero-order chi connectivity index (χ0) is 15.3. The van der Waals surface area contributed by atoms with Crippen LogP contribution in [0.25, 0.3) is 0 Å². The van der Waals surface area contributed by atoms with Gasteiger partial charge in [-0.15, -0.1) is 0 Å². The van der Waals surface area contributed by atoms with Crippen molar-refractivity contribution in [2.75, 3.05) is 11.9 Å². The number of rotatable bonds is 5. The lowest BCUT2D eigenvalue weighted by atomic mass is 10.0. The number of halogens is 3. The molecule has 2 fully saturated rings. The molecule has 0 saturated heterocycles. The van der Waals surface area contributed by atoms with E-state index in [4.69, 9.17) is 18.0 Å². The molecule has 114 valence electrons. The fourth-order valence-electron chi connectivity index (χ4n) is 2.80. The standard InChI is InChI=1S/C14H16F3N3S/c15-14(16,17)10-4-3-9(11(18)21)12(20-10)19-7-13(5-6-13)8-1-2-8/h3-4,8H,1-2,5-7H2,(H2,18,21)(H,19,20). The Morgan fingerprint density at radius 3 is 2.52 bits per heavy atom. The number of nitrogens with zero attached hydrogens (tertiary/aromatic N) is 1. The fourth-order valence-corrected chi connectivity index (χ4v) is 2.96. The number of pyridine rings is 1. The molecule has 0 radical (unpaired) electrons. The van der Waals surface area contributed by atoms with Crippen LogP contribution in [0.15, 0.2) is 12.1 Å². The van der Waals surface area contributed by atoms with Crippen molar-refractivity contribution in [1.29, 1.82) is 0 Å². The van der Waals surface area contributed by atoms with E-state index in [9.17, 15) is 13.2 Å². The van der Waals surface area contributed by atoms with E-state index in [1.54, 1.807) is 0 Å². The fraction of sp³-hybridized carbons (Fsp3) is 0.571. The van der Waals surface area contributed by atoms with Gasteiger partial charge in [-0.2, -0.15) is 13.2 Å². The molecule has 0 spiro atoms. The molecule has 0 aliphatic heterocycles. The van der Waals surface area contributed by atoms with E-state index in [2.05, 4.69) is 10.3 Å². The molecule has 21 heavy (non-hydrogen) atoms. The first-order valence-corrected chi connectivity index (χ1v) is 7.35. The van der Waals surface area contributed by atoms with Crippen LogP contribution >= 0.6 is 12.2 Å². The summed E-state index contributed by atoms with van der Waals surface area (Å²) in [4.78, 5) is 3.72. The lowest BCUT2D eigenvalue weighted by molar-refractivity contribution is -0.141. The highest BCUT2D eigenvalue weighted by Crippen LogP contribution is 2.61. The largest absolute Gasteiger partial charge is 0.433 e. The number of hydrogen-bond acceptors (Lipinski definition) is 3. The monoisotopic (exact) mass is 315 g/mol. The second kappa shape index (κ2) is 4.83. The third kappa shape index (κ3) is 2.97. The molecule has 0 aromatic carbocycles. The molecule has 0 atom stereocenters. The summed E-state index contributed by atoms with van der Waals surface area (Å²) in [5.74, 6) is 0.855. The molecule has 7 heteroatoms. The first-order chi connectivity index (χ1) is 9.82. The normalized spacial score (nSPS) is 20.1. The van der Waals surface area contributed by atoms with Crippen LogP contribution < -0.4 is 11.1 Å². The van der Waals surface area contributed by atoms with Crippen molar-refractivity contribution in [2.24, 2.45) is 17.1 Å². The molecule has 3 N–H and O–H groups in total. The van der Waals surface area contributed by atoms with E-state index in [1.807, 2.05) is 0 Å². The van der Waals surface area contributed by atoms with Crippen LogP contribution in [0, 0.1) is 11.3 Å². The Labute approximate surface area is 126 Å². The summed E-state index contributed by atoms with van der Waals surface area (Å²) in [6, 6.07) is 2.20. The second-order valence-electron chi connectivity index (χ2n) is 5.94. The molecule has 1 aromatic rings. The average molecular weight is 315 g/mol. The van der Waals surface area contributed by atoms with Gasteiger partial charge in [0.15, 0.2) is 0 Å². The number of alkyl halides is 3. The van der Waals surface area contributed by atoms with Crippen LogP contribution in [0.1, 0.15) is 36.9 Å². The molecule has 3 nitrogen and oxygen atoms in total. The Morgan fingerprint density at radius 2 is 2.05 bits per heavy atom. The molecular weight excluding hydrogens is 299 g/mol. The highest BCUT2D eigenvalue weighted by molar-refractivity contribution is 7.80. The number of anilines is 1. The Morgan fingerprint density at radius 1 is 1.38 bits per heavy atom. The number of thiocarbonyl (C=S) groups is 1. The quantitative estimate of drug-likeness (QED) is 0.818. The zero-order valence-electron chi connectivity index (χ0n) is 11.3. The Balaban J connectivity index is 1.82. The van der Waals surface area contributed by atoms with Gasteiger partial charge < -0.3 is 11.1 Å². The first-order valence-electron chi connectivity index (χ1n) is 6.94. The Bertz CT molecular complexity index is 577. The van der Waals surface area contributed by atoms with Crippen LogP contribution in [0.2, 0.25) is 0 Å². The SMILES string of the molecule is NC(=S)c1ccc(C(F)(F)F)nc1NCC1(C2CC2)CC1. The summed E-state index contributed by atoms with van der Waals surface area (Å²) < 4.78 is 38.3. The van der Waals surface area contributed by atoms with Gasteiger partial charge in [-0.3, -0.25) is 0 Å². The van der Waals surface area contributed by atoms with Gasteiger partial charge in [0.25, 0.3) is 0 Å². The molecule has 0 bridgehead atoms. The number of hydrogen-bond donors (Lipinski definition) is 2. The van der Waals surface area contributed by atoms with Gasteiger partial charge in [-0.25, -0.2) is 4.98 Å². The minimum Gasteiger partial charge on any atom is -0.389 e. The smallest absolute Gasteiger partial charge is 0.389 e. The molecule has 2 aliphatic rings. The molecule has 1 aromatic heterocycles. The second-order valence-corrected chi connectivity index (χ2v) is 6.38. The van der Waals surface area contributed by atoms with E-state index in [0.717, 1.165) is 18.9 Å². The van der Waals surface area contributed by atoms with Crippen LogP contribution in [0.5, 0.6) is 0 Å². The number of nitrogens with one attached hydrogen (secondary N) is 1. The third-order valence-electron chi connectivity index (χ3n) is 4.39. The van der Waals surface area contributed by atoms with Crippen LogP contribution in [-0.4, -0.2) is 16.5 Å². The van der Waals surface area contributed by atoms with Gasteiger partial charge in [-0.05, 0) is 49.1 Å². The summed E-state index contributed by atoms with van der Waals surface area (Å²) in [5, 5.41) is 3.05. The van der Waals surface area contributed by atoms with Crippen LogP contribution in [-0.2, 0) is 6.18 Å². The maximum atomic E-state index is 12.8. The Hall–Kier alpha value is -1.37. The van der Waals surface area contributed by atoms with Crippen molar-refractivity contribution in [3.63, 3.8) is 0 Å². The third-order valence-corrected chi connectivity index (χ3v) is 4.61. The van der Waals surface area contributed by atoms with E-state index in [1.165, 1.54) is 18.9 Å². The lowest BCUT2D eigenvalue weighted by Gasteiger charge is -2.18. The predicted molar refractivity (Wildman–Crippen MR) is 78.0 cm³/mol. The van der Waals surface area contributed by atoms with Gasteiger partial charge in [0.1, 0.15) is 16.5 Å². The van der Waals surface area contributed by atoms with Crippen molar-refractivity contribution >= 4 is 23.0 Å². The molecular formula is C14H16F3N3S. The summed E-state index contributed by atoms with van der Waals surface area (Å²) in [6.45, 7) is 0.640. The topological polar surface area (TPSA) is 50.9 Å². The molecule has 2 saturated carbocycles. The first kappa shape index (κ1) is 14.6. The summed E-state index contributed by atoms with van der Waals surface area (Å²) in [7, 11) is 0. The lowest BCUT2D eigenvalue weighted by Crippen LogP contribution is -2.22. The maximum Gasteiger partial charge on any atom is 0.433 e. The van der Waals surface area contributed by atoms with E-state index in [-0.39, 0.29) is 16.2 Å². The number of aromatic nitrogens is 1. The molecule has 0 amide bonds. The van der Waals surface area contributed by atoms with Gasteiger partial charge in [-0.1, -0.05) is 12.2 Å². The van der Waals surface area contributed by atoms with Gasteiger partial charge in [0, 0.05) is 6.54 Å². The summed E-state index contributed by atoms with van der Waals surface area (Å²) >= 11 is 4.89. The minimum atomic E-state index is -4.47. The molecule has 0 unspecified atom stereocenters. The van der Waals surface area contributed by atoms with Crippen molar-refractivity contribution in [3.05, 3.63) is 23.4 Å². The van der Waals surface area contributed by atoms with Crippen molar-refractivity contribution in [2.45, 2.75) is 31.9 Å². The Kier molecular flexibility index (Phi) is 3.35. The highest BCUT2D eigenvalue weighted by Gasteiger charge is 2.53. The summed E-state index contributed by atoms with van der Waals surface area (Å²) in [5.41, 5.74) is 5.26. The summed E-state index contributed by atoms with van der Waals surface area (Å²) in [6.07, 6.45) is 0.233. The van der Waals surface area contributed by atoms with Crippen LogP contribution in [0.4, 0.5) is 19.0 Å².